The highest BCUT2D eigenvalue weighted by Crippen LogP contribution is 2.07. The Hall–Kier alpha value is -0.770. The molecule has 0 aliphatic heterocycles. The monoisotopic (exact) mass is 253 g/mol. The van der Waals surface area contributed by atoms with Crippen LogP contribution in [0.1, 0.15) is 38.3 Å². The van der Waals surface area contributed by atoms with E-state index in [4.69, 9.17) is 0 Å². The van der Waals surface area contributed by atoms with Crippen molar-refractivity contribution in [1.82, 2.24) is 9.97 Å². The first kappa shape index (κ1) is 14.3. The molecular weight excluding hydrogens is 230 g/mol. The first-order valence-corrected chi connectivity index (χ1v) is 7.80. The van der Waals surface area contributed by atoms with Crippen molar-refractivity contribution in [3.8, 4) is 0 Å². The molecule has 17 heavy (non-hydrogen) atoms. The second-order valence-electron chi connectivity index (χ2n) is 4.08. The number of aryl methyl sites for hydroxylation is 1. The fraction of sp³-hybridized carbons (Fsp3) is 0.692. The van der Waals surface area contributed by atoms with Crippen LogP contribution in [-0.2, 0) is 6.42 Å². The highest BCUT2D eigenvalue weighted by molar-refractivity contribution is 7.98. The summed E-state index contributed by atoms with van der Waals surface area (Å²) in [6.45, 7) is 3.12. The molecule has 0 radical (unpaired) electrons. The summed E-state index contributed by atoms with van der Waals surface area (Å²) in [6.07, 6.45) is 9.98. The first-order chi connectivity index (χ1) is 8.36. The van der Waals surface area contributed by atoms with Crippen LogP contribution in [0.5, 0.6) is 0 Å². The van der Waals surface area contributed by atoms with Gasteiger partial charge in [0.15, 0.2) is 0 Å². The molecule has 3 nitrogen and oxygen atoms in total. The Kier molecular flexibility index (Phi) is 7.80. The van der Waals surface area contributed by atoms with Crippen LogP contribution in [0.3, 0.4) is 0 Å². The van der Waals surface area contributed by atoms with Crippen molar-refractivity contribution >= 4 is 17.6 Å². The van der Waals surface area contributed by atoms with Gasteiger partial charge in [-0.1, -0.05) is 19.8 Å². The minimum absolute atomic E-state index is 0.959. The van der Waals surface area contributed by atoms with Crippen molar-refractivity contribution in [3.63, 3.8) is 0 Å². The van der Waals surface area contributed by atoms with Crippen molar-refractivity contribution in [2.75, 3.05) is 23.9 Å². The van der Waals surface area contributed by atoms with E-state index in [-0.39, 0.29) is 0 Å². The third-order valence-corrected chi connectivity index (χ3v) is 3.36. The largest absolute Gasteiger partial charge is 0.370 e. The van der Waals surface area contributed by atoms with E-state index < -0.39 is 0 Å². The van der Waals surface area contributed by atoms with Gasteiger partial charge in [0.25, 0.3) is 0 Å². The number of unbranched alkanes of at least 4 members (excludes halogenated alkanes) is 3. The van der Waals surface area contributed by atoms with Gasteiger partial charge in [-0.2, -0.15) is 11.8 Å². The normalized spacial score (nSPS) is 10.5. The number of hydrogen-bond donors (Lipinski definition) is 1. The summed E-state index contributed by atoms with van der Waals surface area (Å²) < 4.78 is 0. The average Bonchev–Trinajstić information content (AvgIpc) is 2.38. The van der Waals surface area contributed by atoms with Gasteiger partial charge in [0.05, 0.1) is 0 Å². The Bertz CT molecular complexity index is 304. The molecule has 0 aliphatic carbocycles. The van der Waals surface area contributed by atoms with Gasteiger partial charge in [0.1, 0.15) is 12.1 Å². The Balaban J connectivity index is 2.09. The number of rotatable bonds is 9. The quantitative estimate of drug-likeness (QED) is 0.685. The van der Waals surface area contributed by atoms with E-state index >= 15 is 0 Å². The molecule has 1 N–H and O–H groups in total. The maximum atomic E-state index is 4.21. The Labute approximate surface area is 109 Å². The van der Waals surface area contributed by atoms with E-state index in [1.807, 2.05) is 17.8 Å². The molecule has 0 atom stereocenters. The van der Waals surface area contributed by atoms with Crippen LogP contribution in [0, 0.1) is 0 Å². The lowest BCUT2D eigenvalue weighted by atomic mass is 10.2. The summed E-state index contributed by atoms with van der Waals surface area (Å²) in [5, 5.41) is 3.35. The Morgan fingerprint density at radius 2 is 2.00 bits per heavy atom. The Morgan fingerprint density at radius 3 is 2.76 bits per heavy atom. The summed E-state index contributed by atoms with van der Waals surface area (Å²) in [4.78, 5) is 8.39. The van der Waals surface area contributed by atoms with Crippen LogP contribution in [0.2, 0.25) is 0 Å². The van der Waals surface area contributed by atoms with Crippen LogP contribution in [0.25, 0.3) is 0 Å². The molecule has 0 saturated heterocycles. The van der Waals surface area contributed by atoms with Gasteiger partial charge >= 0.3 is 0 Å². The maximum Gasteiger partial charge on any atom is 0.129 e. The van der Waals surface area contributed by atoms with E-state index in [1.54, 1.807) is 6.33 Å². The molecule has 0 unspecified atom stereocenters. The maximum absolute atomic E-state index is 4.21. The fourth-order valence-electron chi connectivity index (χ4n) is 1.63. The predicted molar refractivity (Wildman–Crippen MR) is 76.7 cm³/mol. The molecule has 0 spiro atoms. The SMILES string of the molecule is CCc1cc(NCCCCCCSC)ncn1. The Morgan fingerprint density at radius 1 is 1.18 bits per heavy atom. The van der Waals surface area contributed by atoms with Crippen LogP contribution >= 0.6 is 11.8 Å². The van der Waals surface area contributed by atoms with Gasteiger partial charge in [0, 0.05) is 18.3 Å². The lowest BCUT2D eigenvalue weighted by molar-refractivity contribution is 0.688. The first-order valence-electron chi connectivity index (χ1n) is 6.40. The lowest BCUT2D eigenvalue weighted by Crippen LogP contribution is -2.04. The molecule has 1 heterocycles. The third-order valence-electron chi connectivity index (χ3n) is 2.67. The van der Waals surface area contributed by atoms with Gasteiger partial charge in [0.2, 0.25) is 0 Å². The summed E-state index contributed by atoms with van der Waals surface area (Å²) in [5.74, 6) is 2.25. The van der Waals surface area contributed by atoms with E-state index in [9.17, 15) is 0 Å². The van der Waals surface area contributed by atoms with Crippen molar-refractivity contribution in [3.05, 3.63) is 18.1 Å². The zero-order valence-electron chi connectivity index (χ0n) is 10.9. The molecule has 0 aliphatic rings. The summed E-state index contributed by atoms with van der Waals surface area (Å²) in [6, 6.07) is 2.04. The zero-order valence-corrected chi connectivity index (χ0v) is 11.7. The second-order valence-corrected chi connectivity index (χ2v) is 5.07. The number of hydrogen-bond acceptors (Lipinski definition) is 4. The van der Waals surface area contributed by atoms with Crippen LogP contribution < -0.4 is 5.32 Å². The molecular formula is C13H23N3S. The van der Waals surface area contributed by atoms with E-state index in [2.05, 4.69) is 28.5 Å². The molecule has 0 saturated carbocycles. The smallest absolute Gasteiger partial charge is 0.129 e. The van der Waals surface area contributed by atoms with Crippen LogP contribution in [0.4, 0.5) is 5.82 Å². The van der Waals surface area contributed by atoms with Crippen LogP contribution in [0.15, 0.2) is 12.4 Å². The molecule has 0 aromatic carbocycles. The minimum Gasteiger partial charge on any atom is -0.370 e. The minimum atomic E-state index is 0.959. The third kappa shape index (κ3) is 6.51. The van der Waals surface area contributed by atoms with Crippen molar-refractivity contribution < 1.29 is 0 Å². The molecule has 1 rings (SSSR count). The molecule has 96 valence electrons. The second kappa shape index (κ2) is 9.28. The van der Waals surface area contributed by atoms with Gasteiger partial charge < -0.3 is 5.32 Å². The van der Waals surface area contributed by atoms with E-state index in [1.165, 1.54) is 31.4 Å². The molecule has 0 bridgehead atoms. The lowest BCUT2D eigenvalue weighted by Gasteiger charge is -2.06. The molecule has 0 fully saturated rings. The van der Waals surface area contributed by atoms with Gasteiger partial charge in [-0.25, -0.2) is 9.97 Å². The summed E-state index contributed by atoms with van der Waals surface area (Å²) >= 11 is 1.93. The molecule has 0 amide bonds. The highest BCUT2D eigenvalue weighted by Gasteiger charge is 1.96. The summed E-state index contributed by atoms with van der Waals surface area (Å²) in [7, 11) is 0. The van der Waals surface area contributed by atoms with Crippen molar-refractivity contribution in [1.29, 1.82) is 0 Å². The number of nitrogens with one attached hydrogen (secondary N) is 1. The standard InChI is InChI=1S/C13H23N3S/c1-3-12-10-13(16-11-15-12)14-8-6-4-5-7-9-17-2/h10-11H,3-9H2,1-2H3,(H,14,15,16). The molecule has 1 aromatic rings. The number of aromatic nitrogens is 2. The number of anilines is 1. The topological polar surface area (TPSA) is 37.8 Å². The van der Waals surface area contributed by atoms with Gasteiger partial charge in [-0.05, 0) is 31.3 Å². The van der Waals surface area contributed by atoms with Gasteiger partial charge in [-0.3, -0.25) is 0 Å². The number of thioether (sulfide) groups is 1. The highest BCUT2D eigenvalue weighted by atomic mass is 32.2. The van der Waals surface area contributed by atoms with Crippen molar-refractivity contribution in [2.24, 2.45) is 0 Å². The van der Waals surface area contributed by atoms with Crippen molar-refractivity contribution in [2.45, 2.75) is 39.0 Å². The van der Waals surface area contributed by atoms with Gasteiger partial charge in [-0.15, -0.1) is 0 Å². The average molecular weight is 253 g/mol. The molecule has 1 aromatic heterocycles. The summed E-state index contributed by atoms with van der Waals surface area (Å²) in [5.41, 5.74) is 1.10. The predicted octanol–water partition coefficient (Wildman–Crippen LogP) is 3.37. The van der Waals surface area contributed by atoms with Crippen LogP contribution in [-0.4, -0.2) is 28.5 Å². The van der Waals surface area contributed by atoms with E-state index in [0.29, 0.717) is 0 Å². The van der Waals surface area contributed by atoms with E-state index in [0.717, 1.165) is 24.5 Å². The number of nitrogens with zero attached hydrogens (tertiary/aromatic N) is 2. The zero-order chi connectivity index (χ0) is 12.3. The molecule has 4 heteroatoms. The fourth-order valence-corrected chi connectivity index (χ4v) is 2.12.